The van der Waals surface area contributed by atoms with Crippen molar-refractivity contribution in [3.8, 4) is 0 Å². The van der Waals surface area contributed by atoms with Crippen LogP contribution in [0.25, 0.3) is 0 Å². The van der Waals surface area contributed by atoms with E-state index in [4.69, 9.17) is 16.0 Å². The quantitative estimate of drug-likeness (QED) is 0.724. The molecule has 2 amide bonds. The van der Waals surface area contributed by atoms with E-state index in [1.54, 1.807) is 48.5 Å². The van der Waals surface area contributed by atoms with Gasteiger partial charge >= 0.3 is 0 Å². The summed E-state index contributed by atoms with van der Waals surface area (Å²) in [4.78, 5) is 24.0. The van der Waals surface area contributed by atoms with Crippen LogP contribution in [0.3, 0.4) is 0 Å². The van der Waals surface area contributed by atoms with Gasteiger partial charge in [0, 0.05) is 22.8 Å². The van der Waals surface area contributed by atoms with Crippen LogP contribution in [0.2, 0.25) is 5.02 Å². The number of halogens is 1. The fourth-order valence-corrected chi connectivity index (χ4v) is 2.32. The number of carbonyl (C=O) groups is 2. The van der Waals surface area contributed by atoms with Gasteiger partial charge in [-0.3, -0.25) is 9.59 Å². The fourth-order valence-electron chi connectivity index (χ4n) is 2.19. The molecule has 0 unspecified atom stereocenters. The van der Waals surface area contributed by atoms with Gasteiger partial charge in [0.15, 0.2) is 5.76 Å². The molecule has 6 heteroatoms. The summed E-state index contributed by atoms with van der Waals surface area (Å²) in [6.45, 7) is 0.410. The number of hydrogen-bond acceptors (Lipinski definition) is 3. The molecule has 0 spiro atoms. The van der Waals surface area contributed by atoms with E-state index in [9.17, 15) is 9.59 Å². The normalized spacial score (nSPS) is 10.3. The Morgan fingerprint density at radius 1 is 0.920 bits per heavy atom. The Bertz CT molecular complexity index is 857. The van der Waals surface area contributed by atoms with Crippen LogP contribution in [0.4, 0.5) is 5.69 Å². The van der Waals surface area contributed by atoms with Crippen molar-refractivity contribution in [3.05, 3.63) is 88.8 Å². The SMILES string of the molecule is O=C(NCc1ccc(Cl)cc1)c1ccc(NC(=O)c2ccco2)cc1. The summed E-state index contributed by atoms with van der Waals surface area (Å²) < 4.78 is 5.03. The molecular weight excluding hydrogens is 340 g/mol. The lowest BCUT2D eigenvalue weighted by atomic mass is 10.1. The van der Waals surface area contributed by atoms with Gasteiger partial charge in [0.2, 0.25) is 0 Å². The third-order valence-corrected chi connectivity index (χ3v) is 3.77. The summed E-state index contributed by atoms with van der Waals surface area (Å²) in [7, 11) is 0. The van der Waals surface area contributed by atoms with Gasteiger partial charge in [0.05, 0.1) is 6.26 Å². The lowest BCUT2D eigenvalue weighted by Crippen LogP contribution is -2.22. The Kier molecular flexibility index (Phi) is 5.16. The predicted octanol–water partition coefficient (Wildman–Crippen LogP) is 4.12. The predicted molar refractivity (Wildman–Crippen MR) is 95.7 cm³/mol. The maximum absolute atomic E-state index is 12.2. The Morgan fingerprint density at radius 3 is 2.28 bits per heavy atom. The first-order valence-corrected chi connectivity index (χ1v) is 7.97. The van der Waals surface area contributed by atoms with E-state index in [1.807, 2.05) is 12.1 Å². The first kappa shape index (κ1) is 16.8. The zero-order valence-electron chi connectivity index (χ0n) is 13.2. The first-order chi connectivity index (χ1) is 12.1. The fraction of sp³-hybridized carbons (Fsp3) is 0.0526. The van der Waals surface area contributed by atoms with Gasteiger partial charge in [-0.2, -0.15) is 0 Å². The molecular formula is C19H15ClN2O3. The monoisotopic (exact) mass is 354 g/mol. The van der Waals surface area contributed by atoms with Gasteiger partial charge in [-0.05, 0) is 54.1 Å². The highest BCUT2D eigenvalue weighted by atomic mass is 35.5. The van der Waals surface area contributed by atoms with Crippen LogP contribution >= 0.6 is 11.6 Å². The van der Waals surface area contributed by atoms with Crippen molar-refractivity contribution in [3.63, 3.8) is 0 Å². The minimum Gasteiger partial charge on any atom is -0.459 e. The second-order valence-corrected chi connectivity index (χ2v) is 5.75. The average Bonchev–Trinajstić information content (AvgIpc) is 3.16. The largest absolute Gasteiger partial charge is 0.459 e. The van der Waals surface area contributed by atoms with E-state index >= 15 is 0 Å². The molecule has 3 aromatic rings. The lowest BCUT2D eigenvalue weighted by Gasteiger charge is -2.07. The molecule has 3 rings (SSSR count). The molecule has 0 bridgehead atoms. The van der Waals surface area contributed by atoms with Gasteiger partial charge in [-0.15, -0.1) is 0 Å². The van der Waals surface area contributed by atoms with E-state index in [2.05, 4.69) is 10.6 Å². The number of carbonyl (C=O) groups excluding carboxylic acids is 2. The molecule has 2 N–H and O–H groups in total. The third kappa shape index (κ3) is 4.49. The number of benzene rings is 2. The van der Waals surface area contributed by atoms with Crippen molar-refractivity contribution >= 4 is 29.1 Å². The number of rotatable bonds is 5. The van der Waals surface area contributed by atoms with Crippen LogP contribution < -0.4 is 10.6 Å². The molecule has 0 aliphatic carbocycles. The van der Waals surface area contributed by atoms with Gasteiger partial charge < -0.3 is 15.1 Å². The van der Waals surface area contributed by atoms with Crippen molar-refractivity contribution in [2.45, 2.75) is 6.54 Å². The second-order valence-electron chi connectivity index (χ2n) is 5.32. The highest BCUT2D eigenvalue weighted by Crippen LogP contribution is 2.13. The molecule has 1 heterocycles. The molecule has 2 aromatic carbocycles. The second kappa shape index (κ2) is 7.68. The van der Waals surface area contributed by atoms with Crippen LogP contribution in [0.15, 0.2) is 71.3 Å². The number of furan rings is 1. The van der Waals surface area contributed by atoms with E-state index in [-0.39, 0.29) is 17.6 Å². The zero-order valence-corrected chi connectivity index (χ0v) is 13.9. The van der Waals surface area contributed by atoms with E-state index in [1.165, 1.54) is 6.26 Å². The molecule has 0 radical (unpaired) electrons. The minimum absolute atomic E-state index is 0.195. The lowest BCUT2D eigenvalue weighted by molar-refractivity contribution is 0.0950. The van der Waals surface area contributed by atoms with Gasteiger partial charge in [-0.1, -0.05) is 23.7 Å². The van der Waals surface area contributed by atoms with Gasteiger partial charge in [0.25, 0.3) is 11.8 Å². The average molecular weight is 355 g/mol. The molecule has 0 saturated carbocycles. The summed E-state index contributed by atoms with van der Waals surface area (Å²) >= 11 is 5.83. The zero-order chi connectivity index (χ0) is 17.6. The number of anilines is 1. The molecule has 5 nitrogen and oxygen atoms in total. The highest BCUT2D eigenvalue weighted by Gasteiger charge is 2.10. The Balaban J connectivity index is 1.56. The summed E-state index contributed by atoms with van der Waals surface area (Å²) in [5, 5.41) is 6.18. The van der Waals surface area contributed by atoms with Crippen molar-refractivity contribution in [2.24, 2.45) is 0 Å². The molecule has 0 fully saturated rings. The summed E-state index contributed by atoms with van der Waals surface area (Å²) in [6, 6.07) is 17.1. The van der Waals surface area contributed by atoms with Gasteiger partial charge in [0.1, 0.15) is 0 Å². The van der Waals surface area contributed by atoms with Gasteiger partial charge in [-0.25, -0.2) is 0 Å². The standard InChI is InChI=1S/C19H15ClN2O3/c20-15-7-3-13(4-8-15)12-21-18(23)14-5-9-16(10-6-14)22-19(24)17-2-1-11-25-17/h1-11H,12H2,(H,21,23)(H,22,24). The maximum atomic E-state index is 12.2. The molecule has 0 saturated heterocycles. The summed E-state index contributed by atoms with van der Waals surface area (Å²) in [5.41, 5.74) is 2.04. The maximum Gasteiger partial charge on any atom is 0.291 e. The Labute approximate surface area is 149 Å². The smallest absolute Gasteiger partial charge is 0.291 e. The van der Waals surface area contributed by atoms with E-state index < -0.39 is 0 Å². The Morgan fingerprint density at radius 2 is 1.64 bits per heavy atom. The summed E-state index contributed by atoms with van der Waals surface area (Å²) in [6.07, 6.45) is 1.43. The van der Waals surface area contributed by atoms with Crippen LogP contribution in [0.1, 0.15) is 26.5 Å². The van der Waals surface area contributed by atoms with Crippen molar-refractivity contribution in [2.75, 3.05) is 5.32 Å². The minimum atomic E-state index is -0.343. The van der Waals surface area contributed by atoms with Crippen molar-refractivity contribution in [1.29, 1.82) is 0 Å². The van der Waals surface area contributed by atoms with Crippen molar-refractivity contribution in [1.82, 2.24) is 5.32 Å². The van der Waals surface area contributed by atoms with Crippen LogP contribution in [-0.2, 0) is 6.54 Å². The molecule has 126 valence electrons. The molecule has 0 aliphatic heterocycles. The Hall–Kier alpha value is -3.05. The van der Waals surface area contributed by atoms with Crippen LogP contribution in [-0.4, -0.2) is 11.8 Å². The topological polar surface area (TPSA) is 71.3 Å². The van der Waals surface area contributed by atoms with E-state index in [0.717, 1.165) is 5.56 Å². The van der Waals surface area contributed by atoms with E-state index in [0.29, 0.717) is 22.8 Å². The molecule has 0 aliphatic rings. The summed E-state index contributed by atoms with van der Waals surface area (Å²) in [5.74, 6) is -0.311. The molecule has 0 atom stereocenters. The number of nitrogens with one attached hydrogen (secondary N) is 2. The third-order valence-electron chi connectivity index (χ3n) is 3.52. The number of hydrogen-bond donors (Lipinski definition) is 2. The van der Waals surface area contributed by atoms with Crippen molar-refractivity contribution < 1.29 is 14.0 Å². The first-order valence-electron chi connectivity index (χ1n) is 7.59. The van der Waals surface area contributed by atoms with Crippen LogP contribution in [0.5, 0.6) is 0 Å². The highest BCUT2D eigenvalue weighted by molar-refractivity contribution is 6.30. The molecule has 25 heavy (non-hydrogen) atoms. The molecule has 1 aromatic heterocycles. The van der Waals surface area contributed by atoms with Crippen LogP contribution in [0, 0.1) is 0 Å². The number of amides is 2.